The molecule has 0 saturated carbocycles. The van der Waals surface area contributed by atoms with Gasteiger partial charge < -0.3 is 9.52 Å². The van der Waals surface area contributed by atoms with E-state index in [-0.39, 0.29) is 11.3 Å². The predicted molar refractivity (Wildman–Crippen MR) is 102 cm³/mol. The van der Waals surface area contributed by atoms with Gasteiger partial charge in [-0.15, -0.1) is 0 Å². The Labute approximate surface area is 163 Å². The molecule has 5 nitrogen and oxygen atoms in total. The Hall–Kier alpha value is -2.47. The number of nitrogens with zero attached hydrogens (tertiary/aromatic N) is 1. The second-order valence-corrected chi connectivity index (χ2v) is 6.39. The van der Waals surface area contributed by atoms with Gasteiger partial charge in [-0.1, -0.05) is 46.9 Å². The highest BCUT2D eigenvalue weighted by molar-refractivity contribution is 6.44. The Kier molecular flexibility index (Phi) is 5.52. The molecule has 1 aromatic heterocycles. The summed E-state index contributed by atoms with van der Waals surface area (Å²) in [4.78, 5) is 11.9. The highest BCUT2D eigenvalue weighted by Crippen LogP contribution is 2.35. The number of amides is 1. The van der Waals surface area contributed by atoms with Gasteiger partial charge in [-0.2, -0.15) is 5.10 Å². The predicted octanol–water partition coefficient (Wildman–Crippen LogP) is 5.38. The number of phenolic OH excluding ortho intramolecular Hbond substituents is 1. The minimum absolute atomic E-state index is 0.118. The van der Waals surface area contributed by atoms with Crippen molar-refractivity contribution in [3.8, 4) is 17.1 Å². The molecule has 1 heterocycles. The summed E-state index contributed by atoms with van der Waals surface area (Å²) in [5.74, 6) is 0.190. The number of phenols is 1. The molecular formula is C18H11Cl3N2O3. The van der Waals surface area contributed by atoms with Gasteiger partial charge in [0.1, 0.15) is 17.3 Å². The summed E-state index contributed by atoms with van der Waals surface area (Å²) in [6.45, 7) is 0. The van der Waals surface area contributed by atoms with E-state index in [0.717, 1.165) is 0 Å². The fourth-order valence-corrected chi connectivity index (χ4v) is 2.80. The highest BCUT2D eigenvalue weighted by Gasteiger charge is 2.12. The van der Waals surface area contributed by atoms with E-state index in [1.807, 2.05) is 0 Å². The van der Waals surface area contributed by atoms with Gasteiger partial charge in [-0.05, 0) is 36.4 Å². The first-order valence-electron chi connectivity index (χ1n) is 7.32. The van der Waals surface area contributed by atoms with Crippen LogP contribution in [0.4, 0.5) is 0 Å². The van der Waals surface area contributed by atoms with Crippen LogP contribution in [0.3, 0.4) is 0 Å². The fourth-order valence-electron chi connectivity index (χ4n) is 2.16. The van der Waals surface area contributed by atoms with Crippen LogP contribution < -0.4 is 5.43 Å². The third kappa shape index (κ3) is 4.02. The molecule has 0 fully saturated rings. The van der Waals surface area contributed by atoms with E-state index < -0.39 is 5.91 Å². The number of hydrazone groups is 1. The zero-order valence-corrected chi connectivity index (χ0v) is 15.3. The van der Waals surface area contributed by atoms with Crippen LogP contribution in [-0.4, -0.2) is 17.2 Å². The molecule has 26 heavy (non-hydrogen) atoms. The third-order valence-corrected chi connectivity index (χ3v) is 4.44. The van der Waals surface area contributed by atoms with Crippen LogP contribution in [0.15, 0.2) is 58.0 Å². The van der Waals surface area contributed by atoms with Crippen molar-refractivity contribution in [2.45, 2.75) is 0 Å². The van der Waals surface area contributed by atoms with E-state index in [1.165, 1.54) is 24.4 Å². The second kappa shape index (κ2) is 7.83. The van der Waals surface area contributed by atoms with Crippen molar-refractivity contribution < 1.29 is 14.3 Å². The molecular weight excluding hydrogens is 399 g/mol. The standard InChI is InChI=1S/C18H11Cl3N2O3/c19-13-8-15(21)14(20)7-12(13)17-6-5-10(26-17)9-22-23-18(25)11-3-1-2-4-16(11)24/h1-9,24H,(H,23,25)/b22-9-. The quantitative estimate of drug-likeness (QED) is 0.345. The van der Waals surface area contributed by atoms with Crippen LogP contribution in [0.1, 0.15) is 16.1 Å². The monoisotopic (exact) mass is 408 g/mol. The minimum atomic E-state index is -0.543. The molecule has 0 aliphatic carbocycles. The number of furan rings is 1. The molecule has 0 spiro atoms. The van der Waals surface area contributed by atoms with Crippen LogP contribution in [0, 0.1) is 0 Å². The van der Waals surface area contributed by atoms with Crippen molar-refractivity contribution in [1.29, 1.82) is 0 Å². The minimum Gasteiger partial charge on any atom is -0.507 e. The molecule has 0 unspecified atom stereocenters. The largest absolute Gasteiger partial charge is 0.507 e. The van der Waals surface area contributed by atoms with Crippen molar-refractivity contribution in [3.05, 3.63) is 74.9 Å². The lowest BCUT2D eigenvalue weighted by Gasteiger charge is -2.03. The zero-order valence-electron chi connectivity index (χ0n) is 13.0. The first-order chi connectivity index (χ1) is 12.5. The molecule has 132 valence electrons. The van der Waals surface area contributed by atoms with Gasteiger partial charge in [0.05, 0.1) is 26.8 Å². The Morgan fingerprint density at radius 1 is 1.04 bits per heavy atom. The van der Waals surface area contributed by atoms with Crippen molar-refractivity contribution in [1.82, 2.24) is 5.43 Å². The van der Waals surface area contributed by atoms with Gasteiger partial charge in [0.15, 0.2) is 0 Å². The normalized spacial score (nSPS) is 11.0. The molecule has 2 aromatic carbocycles. The number of aromatic hydroxyl groups is 1. The maximum Gasteiger partial charge on any atom is 0.275 e. The van der Waals surface area contributed by atoms with Crippen LogP contribution in [0.25, 0.3) is 11.3 Å². The molecule has 0 saturated heterocycles. The van der Waals surface area contributed by atoms with Crippen molar-refractivity contribution in [2.24, 2.45) is 5.10 Å². The van der Waals surface area contributed by atoms with Gasteiger partial charge >= 0.3 is 0 Å². The lowest BCUT2D eigenvalue weighted by molar-refractivity contribution is 0.0952. The molecule has 0 atom stereocenters. The number of halogens is 3. The molecule has 0 bridgehead atoms. The summed E-state index contributed by atoms with van der Waals surface area (Å²) in [6.07, 6.45) is 1.33. The number of carbonyl (C=O) groups is 1. The first-order valence-corrected chi connectivity index (χ1v) is 8.45. The second-order valence-electron chi connectivity index (χ2n) is 5.16. The molecule has 1 amide bonds. The summed E-state index contributed by atoms with van der Waals surface area (Å²) in [6, 6.07) is 12.6. The molecule has 3 rings (SSSR count). The number of hydrogen-bond acceptors (Lipinski definition) is 4. The number of nitrogens with one attached hydrogen (secondary N) is 1. The van der Waals surface area contributed by atoms with E-state index >= 15 is 0 Å². The average Bonchev–Trinajstić information content (AvgIpc) is 3.07. The van der Waals surface area contributed by atoms with Gasteiger partial charge in [-0.3, -0.25) is 4.79 Å². The molecule has 8 heteroatoms. The van der Waals surface area contributed by atoms with Gasteiger partial charge in [-0.25, -0.2) is 5.43 Å². The fraction of sp³-hybridized carbons (Fsp3) is 0. The van der Waals surface area contributed by atoms with Gasteiger partial charge in [0, 0.05) is 5.56 Å². The SMILES string of the molecule is O=C(N/N=C\c1ccc(-c2cc(Cl)c(Cl)cc2Cl)o1)c1ccccc1O. The Morgan fingerprint density at radius 2 is 1.77 bits per heavy atom. The van der Waals surface area contributed by atoms with Crippen LogP contribution in [0.5, 0.6) is 5.75 Å². The molecule has 2 N–H and O–H groups in total. The average molecular weight is 410 g/mol. The summed E-state index contributed by atoms with van der Waals surface area (Å²) in [5.41, 5.74) is 3.01. The maximum absolute atomic E-state index is 11.9. The first kappa shape index (κ1) is 18.3. The van der Waals surface area contributed by atoms with E-state index in [2.05, 4.69) is 10.5 Å². The number of hydrogen-bond donors (Lipinski definition) is 2. The molecule has 3 aromatic rings. The Morgan fingerprint density at radius 3 is 2.54 bits per heavy atom. The summed E-state index contributed by atoms with van der Waals surface area (Å²) in [5, 5.41) is 14.5. The summed E-state index contributed by atoms with van der Waals surface area (Å²) in [7, 11) is 0. The van der Waals surface area contributed by atoms with Gasteiger partial charge in [0.25, 0.3) is 5.91 Å². The van der Waals surface area contributed by atoms with Crippen molar-refractivity contribution in [3.63, 3.8) is 0 Å². The van der Waals surface area contributed by atoms with Crippen LogP contribution in [-0.2, 0) is 0 Å². The smallest absolute Gasteiger partial charge is 0.275 e. The molecule has 0 aliphatic heterocycles. The van der Waals surface area contributed by atoms with E-state index in [4.69, 9.17) is 39.2 Å². The number of para-hydroxylation sites is 1. The highest BCUT2D eigenvalue weighted by atomic mass is 35.5. The number of carbonyl (C=O) groups excluding carboxylic acids is 1. The summed E-state index contributed by atoms with van der Waals surface area (Å²) < 4.78 is 5.62. The summed E-state index contributed by atoms with van der Waals surface area (Å²) >= 11 is 18.1. The van der Waals surface area contributed by atoms with Gasteiger partial charge in [0.2, 0.25) is 0 Å². The molecule has 0 radical (unpaired) electrons. The van der Waals surface area contributed by atoms with E-state index in [1.54, 1.807) is 30.3 Å². The Bertz CT molecular complexity index is 999. The third-order valence-electron chi connectivity index (χ3n) is 3.41. The topological polar surface area (TPSA) is 74.8 Å². The lowest BCUT2D eigenvalue weighted by Crippen LogP contribution is -2.17. The van der Waals surface area contributed by atoms with E-state index in [9.17, 15) is 9.90 Å². The molecule has 0 aliphatic rings. The van der Waals surface area contributed by atoms with E-state index in [0.29, 0.717) is 32.2 Å². The van der Waals surface area contributed by atoms with Crippen molar-refractivity contribution in [2.75, 3.05) is 0 Å². The lowest BCUT2D eigenvalue weighted by atomic mass is 10.2. The van der Waals surface area contributed by atoms with Crippen LogP contribution in [0.2, 0.25) is 15.1 Å². The maximum atomic E-state index is 11.9. The van der Waals surface area contributed by atoms with Crippen LogP contribution >= 0.6 is 34.8 Å². The zero-order chi connectivity index (χ0) is 18.7. The number of benzene rings is 2. The van der Waals surface area contributed by atoms with Crippen molar-refractivity contribution >= 4 is 46.9 Å². The Balaban J connectivity index is 1.73. The number of rotatable bonds is 4.